The summed E-state index contributed by atoms with van der Waals surface area (Å²) in [7, 11) is 1.55. The van der Waals surface area contributed by atoms with Gasteiger partial charge in [0, 0.05) is 11.6 Å². The van der Waals surface area contributed by atoms with Gasteiger partial charge in [0.25, 0.3) is 5.78 Å². The summed E-state index contributed by atoms with van der Waals surface area (Å²) in [5.41, 5.74) is 0.972. The standard InChI is InChI=1S/C25H24N2O6/c1-4-13-32-19-11-7-17(8-12-19)23(28)21-22(16-5-9-18(31-3)10-6-16)27(25(30)24(21)29)20-14-15(2)33-26-20/h5-12,14,22,28H,4,13H2,1-3H3/t22-/m0/s1. The predicted octanol–water partition coefficient (Wildman–Crippen LogP) is 4.41. The second-order valence-electron chi connectivity index (χ2n) is 7.61. The van der Waals surface area contributed by atoms with Crippen LogP contribution < -0.4 is 14.4 Å². The van der Waals surface area contributed by atoms with Crippen LogP contribution in [0.1, 0.15) is 36.3 Å². The number of anilines is 1. The monoisotopic (exact) mass is 448 g/mol. The fourth-order valence-electron chi connectivity index (χ4n) is 3.72. The Morgan fingerprint density at radius 2 is 1.76 bits per heavy atom. The Hall–Kier alpha value is -4.07. The van der Waals surface area contributed by atoms with E-state index in [1.807, 2.05) is 6.92 Å². The van der Waals surface area contributed by atoms with Gasteiger partial charge < -0.3 is 19.1 Å². The van der Waals surface area contributed by atoms with E-state index in [0.717, 1.165) is 6.42 Å². The Balaban J connectivity index is 1.83. The van der Waals surface area contributed by atoms with Crippen LogP contribution in [0.15, 0.2) is 64.7 Å². The average Bonchev–Trinajstić information content (AvgIpc) is 3.38. The highest BCUT2D eigenvalue weighted by Gasteiger charge is 2.48. The van der Waals surface area contributed by atoms with Gasteiger partial charge in [-0.15, -0.1) is 0 Å². The molecule has 1 atom stereocenters. The number of ether oxygens (including phenoxy) is 2. The van der Waals surface area contributed by atoms with E-state index in [1.165, 1.54) is 4.90 Å². The van der Waals surface area contributed by atoms with Gasteiger partial charge >= 0.3 is 5.91 Å². The van der Waals surface area contributed by atoms with Crippen LogP contribution in [0.5, 0.6) is 11.5 Å². The molecule has 1 N–H and O–H groups in total. The normalized spacial score (nSPS) is 17.4. The number of aromatic nitrogens is 1. The summed E-state index contributed by atoms with van der Waals surface area (Å²) >= 11 is 0. The second kappa shape index (κ2) is 9.20. The van der Waals surface area contributed by atoms with Crippen molar-refractivity contribution < 1.29 is 28.7 Å². The first kappa shape index (κ1) is 22.1. The van der Waals surface area contributed by atoms with Crippen molar-refractivity contribution in [3.8, 4) is 11.5 Å². The summed E-state index contributed by atoms with van der Waals surface area (Å²) in [6.45, 7) is 4.28. The van der Waals surface area contributed by atoms with E-state index in [0.29, 0.717) is 35.0 Å². The fraction of sp³-hybridized carbons (Fsp3) is 0.240. The van der Waals surface area contributed by atoms with Crippen LogP contribution in [0.4, 0.5) is 5.82 Å². The second-order valence-corrected chi connectivity index (χ2v) is 7.61. The third-order valence-corrected chi connectivity index (χ3v) is 5.34. The van der Waals surface area contributed by atoms with Crippen molar-refractivity contribution in [2.75, 3.05) is 18.6 Å². The Morgan fingerprint density at radius 1 is 1.09 bits per heavy atom. The summed E-state index contributed by atoms with van der Waals surface area (Å²) < 4.78 is 15.9. The molecule has 0 aliphatic carbocycles. The van der Waals surface area contributed by atoms with Crippen LogP contribution in [0.3, 0.4) is 0 Å². The lowest BCUT2D eigenvalue weighted by Gasteiger charge is -2.23. The number of benzene rings is 2. The first-order valence-electron chi connectivity index (χ1n) is 10.6. The van der Waals surface area contributed by atoms with Gasteiger partial charge in [-0.3, -0.25) is 14.5 Å². The molecule has 1 fully saturated rings. The maximum atomic E-state index is 13.1. The number of methoxy groups -OCH3 is 1. The van der Waals surface area contributed by atoms with E-state index in [1.54, 1.807) is 68.6 Å². The summed E-state index contributed by atoms with van der Waals surface area (Å²) in [5, 5.41) is 15.1. The van der Waals surface area contributed by atoms with E-state index in [2.05, 4.69) is 5.16 Å². The van der Waals surface area contributed by atoms with E-state index in [4.69, 9.17) is 14.0 Å². The summed E-state index contributed by atoms with van der Waals surface area (Å²) in [6, 6.07) is 14.3. The van der Waals surface area contributed by atoms with E-state index in [-0.39, 0.29) is 17.2 Å². The van der Waals surface area contributed by atoms with Crippen molar-refractivity contribution in [1.29, 1.82) is 0 Å². The lowest BCUT2D eigenvalue weighted by atomic mass is 9.95. The number of hydrogen-bond acceptors (Lipinski definition) is 7. The van der Waals surface area contributed by atoms with Gasteiger partial charge in [-0.2, -0.15) is 0 Å². The van der Waals surface area contributed by atoms with Crippen LogP contribution in [-0.4, -0.2) is 35.7 Å². The number of amides is 1. The number of aryl methyl sites for hydroxylation is 1. The third kappa shape index (κ3) is 4.19. The lowest BCUT2D eigenvalue weighted by Crippen LogP contribution is -2.29. The smallest absolute Gasteiger partial charge is 0.301 e. The minimum absolute atomic E-state index is 0.0342. The minimum atomic E-state index is -0.892. The average molecular weight is 448 g/mol. The van der Waals surface area contributed by atoms with Gasteiger partial charge in [0.15, 0.2) is 5.82 Å². The quantitative estimate of drug-likeness (QED) is 0.325. The highest BCUT2D eigenvalue weighted by molar-refractivity contribution is 6.51. The third-order valence-electron chi connectivity index (χ3n) is 5.34. The number of carbonyl (C=O) groups excluding carboxylic acids is 2. The molecule has 1 aliphatic rings. The number of rotatable bonds is 7. The van der Waals surface area contributed by atoms with Crippen molar-refractivity contribution in [3.05, 3.63) is 77.1 Å². The number of aliphatic hydroxyl groups is 1. The lowest BCUT2D eigenvalue weighted by molar-refractivity contribution is -0.132. The molecule has 0 spiro atoms. The molecule has 0 unspecified atom stereocenters. The van der Waals surface area contributed by atoms with Crippen molar-refractivity contribution in [2.45, 2.75) is 26.3 Å². The molecular formula is C25H24N2O6. The van der Waals surface area contributed by atoms with Gasteiger partial charge in [0.1, 0.15) is 23.0 Å². The zero-order valence-electron chi connectivity index (χ0n) is 18.6. The largest absolute Gasteiger partial charge is 0.507 e. The van der Waals surface area contributed by atoms with Crippen LogP contribution in [0, 0.1) is 6.92 Å². The number of Topliss-reactive ketones (excluding diaryl/α,β-unsaturated/α-hetero) is 1. The first-order valence-corrected chi connectivity index (χ1v) is 10.6. The number of carbonyl (C=O) groups is 2. The van der Waals surface area contributed by atoms with Crippen molar-refractivity contribution in [1.82, 2.24) is 5.16 Å². The van der Waals surface area contributed by atoms with Crippen molar-refractivity contribution >= 4 is 23.3 Å². The number of aliphatic hydroxyl groups excluding tert-OH is 1. The Bertz CT molecular complexity index is 1190. The van der Waals surface area contributed by atoms with Crippen LogP contribution in [-0.2, 0) is 9.59 Å². The van der Waals surface area contributed by atoms with Crippen LogP contribution in [0.2, 0.25) is 0 Å². The van der Waals surface area contributed by atoms with Crippen molar-refractivity contribution in [3.63, 3.8) is 0 Å². The molecule has 0 saturated carbocycles. The molecule has 3 aromatic rings. The molecule has 8 nitrogen and oxygen atoms in total. The molecule has 4 rings (SSSR count). The molecule has 2 aromatic carbocycles. The highest BCUT2D eigenvalue weighted by atomic mass is 16.5. The zero-order valence-corrected chi connectivity index (χ0v) is 18.6. The maximum Gasteiger partial charge on any atom is 0.301 e. The zero-order chi connectivity index (χ0) is 23.5. The summed E-state index contributed by atoms with van der Waals surface area (Å²) in [6.07, 6.45) is 0.870. The van der Waals surface area contributed by atoms with Crippen LogP contribution >= 0.6 is 0 Å². The van der Waals surface area contributed by atoms with Gasteiger partial charge in [-0.05, 0) is 55.3 Å². The number of hydrogen-bond donors (Lipinski definition) is 1. The Labute approximate surface area is 191 Å². The Kier molecular flexibility index (Phi) is 6.17. The molecule has 0 bridgehead atoms. The van der Waals surface area contributed by atoms with Crippen LogP contribution in [0.25, 0.3) is 5.76 Å². The maximum absolute atomic E-state index is 13.1. The predicted molar refractivity (Wildman–Crippen MR) is 121 cm³/mol. The topological polar surface area (TPSA) is 102 Å². The van der Waals surface area contributed by atoms with E-state index >= 15 is 0 Å². The van der Waals surface area contributed by atoms with Gasteiger partial charge in [0.2, 0.25) is 0 Å². The van der Waals surface area contributed by atoms with Gasteiger partial charge in [0.05, 0.1) is 25.3 Å². The molecule has 1 aliphatic heterocycles. The molecular weight excluding hydrogens is 424 g/mol. The number of ketones is 1. The van der Waals surface area contributed by atoms with Gasteiger partial charge in [-0.25, -0.2) is 0 Å². The molecule has 1 aromatic heterocycles. The highest BCUT2D eigenvalue weighted by Crippen LogP contribution is 2.42. The first-order chi connectivity index (χ1) is 15.9. The van der Waals surface area contributed by atoms with E-state index < -0.39 is 17.7 Å². The fourth-order valence-corrected chi connectivity index (χ4v) is 3.72. The number of nitrogens with zero attached hydrogens (tertiary/aromatic N) is 2. The SMILES string of the molecule is CCCOc1ccc(C(O)=C2C(=O)C(=O)N(c3cc(C)on3)[C@H]2c2ccc(OC)cc2)cc1. The molecule has 33 heavy (non-hydrogen) atoms. The van der Waals surface area contributed by atoms with Gasteiger partial charge in [-0.1, -0.05) is 24.2 Å². The molecule has 1 amide bonds. The molecule has 8 heteroatoms. The molecule has 170 valence electrons. The van der Waals surface area contributed by atoms with Crippen molar-refractivity contribution in [2.24, 2.45) is 0 Å². The summed E-state index contributed by atoms with van der Waals surface area (Å²) in [5.74, 6) is 0.0721. The molecule has 0 radical (unpaired) electrons. The molecule has 2 heterocycles. The summed E-state index contributed by atoms with van der Waals surface area (Å²) in [4.78, 5) is 27.4. The minimum Gasteiger partial charge on any atom is -0.507 e. The Morgan fingerprint density at radius 3 is 2.33 bits per heavy atom. The van der Waals surface area contributed by atoms with E-state index in [9.17, 15) is 14.7 Å². The molecule has 1 saturated heterocycles.